The number of hydrogen-bond donors (Lipinski definition) is 0. The van der Waals surface area contributed by atoms with E-state index in [1.54, 1.807) is 0 Å². The van der Waals surface area contributed by atoms with Gasteiger partial charge in [0.2, 0.25) is 0 Å². The van der Waals surface area contributed by atoms with E-state index in [2.05, 4.69) is 338 Å². The first-order chi connectivity index (χ1) is 38.5. The topological polar surface area (TPSA) is 9.72 Å². The molecule has 0 aromatic heterocycles. The summed E-state index contributed by atoms with van der Waals surface area (Å²) >= 11 is 0. The van der Waals surface area contributed by atoms with Gasteiger partial charge < -0.3 is 14.7 Å². The molecule has 0 bridgehead atoms. The molecule has 1 aliphatic rings. The Balaban J connectivity index is 0.877. The Morgan fingerprint density at radius 2 is 0.449 bits per heavy atom. The first-order valence-corrected chi connectivity index (χ1v) is 26.9. The molecule has 1 aliphatic carbocycles. The molecule has 13 rings (SSSR count). The highest BCUT2D eigenvalue weighted by atomic mass is 15.2. The van der Waals surface area contributed by atoms with Gasteiger partial charge in [-0.3, -0.25) is 0 Å². The van der Waals surface area contributed by atoms with Crippen LogP contribution in [-0.2, 0) is 5.41 Å². The zero-order valence-corrected chi connectivity index (χ0v) is 43.8. The lowest BCUT2D eigenvalue weighted by Gasteiger charge is -2.35. The van der Waals surface area contributed by atoms with E-state index in [4.69, 9.17) is 0 Å². The van der Waals surface area contributed by atoms with Crippen molar-refractivity contribution in [1.82, 2.24) is 0 Å². The molecule has 0 N–H and O–H groups in total. The van der Waals surface area contributed by atoms with Crippen LogP contribution >= 0.6 is 0 Å². The van der Waals surface area contributed by atoms with Gasteiger partial charge in [-0.15, -0.1) is 0 Å². The highest BCUT2D eigenvalue weighted by molar-refractivity contribution is 5.88. The monoisotopic (exact) mass is 999 g/mol. The average molecular weight is 1000 g/mol. The highest BCUT2D eigenvalue weighted by Gasteiger charge is 2.46. The molecule has 0 radical (unpaired) electrons. The number of aryl methyl sites for hydroxylation is 2. The van der Waals surface area contributed by atoms with Crippen LogP contribution in [0.4, 0.5) is 51.2 Å². The number of nitrogens with zero attached hydrogens (tertiary/aromatic N) is 3. The van der Waals surface area contributed by atoms with Crippen molar-refractivity contribution >= 4 is 51.2 Å². The Bertz CT molecular complexity index is 3670. The second-order valence-corrected chi connectivity index (χ2v) is 20.3. The van der Waals surface area contributed by atoms with Gasteiger partial charge in [0, 0.05) is 51.2 Å². The summed E-state index contributed by atoms with van der Waals surface area (Å²) in [5, 5.41) is 0. The van der Waals surface area contributed by atoms with Gasteiger partial charge in [-0.25, -0.2) is 0 Å². The molecular formula is C75H57N3. The molecule has 0 unspecified atom stereocenters. The molecule has 3 nitrogen and oxygen atoms in total. The van der Waals surface area contributed by atoms with Gasteiger partial charge in [0.25, 0.3) is 0 Å². The van der Waals surface area contributed by atoms with Gasteiger partial charge in [0.1, 0.15) is 0 Å². The smallest absolute Gasteiger partial charge is 0.0713 e. The number of fused-ring (bicyclic) bond motifs is 3. The minimum Gasteiger partial charge on any atom is -0.311 e. The predicted octanol–water partition coefficient (Wildman–Crippen LogP) is 20.4. The van der Waals surface area contributed by atoms with Crippen molar-refractivity contribution in [3.05, 3.63) is 343 Å². The van der Waals surface area contributed by atoms with Crippen molar-refractivity contribution in [2.24, 2.45) is 0 Å². The summed E-state index contributed by atoms with van der Waals surface area (Å²) < 4.78 is 0. The molecule has 0 saturated heterocycles. The van der Waals surface area contributed by atoms with Crippen LogP contribution in [0.2, 0.25) is 0 Å². The van der Waals surface area contributed by atoms with E-state index in [0.717, 1.165) is 73.4 Å². The van der Waals surface area contributed by atoms with Crippen LogP contribution in [0.3, 0.4) is 0 Å². The Kier molecular flexibility index (Phi) is 12.6. The van der Waals surface area contributed by atoms with Gasteiger partial charge in [-0.1, -0.05) is 211 Å². The molecule has 0 saturated carbocycles. The van der Waals surface area contributed by atoms with E-state index >= 15 is 0 Å². The van der Waals surface area contributed by atoms with Crippen LogP contribution in [0.1, 0.15) is 33.4 Å². The standard InChI is InChI=1S/C75H57N3/c1-54-28-50-71-72-51-29-55(2)53-74(72)75(73(71)52-54,60-18-8-3-9-19-60)61-38-48-70(49-39-61)78(68-44-34-58(35-45-68)56-30-40-66(41-31-56)76(62-20-10-4-11-21-62)63-22-12-5-13-23-63)69-46-36-59(37-47-69)57-32-42-67(43-33-57)77(64-24-14-6-15-25-64)65-26-16-7-17-27-65/h3-53H,1-2H3. The molecule has 0 fully saturated rings. The quantitative estimate of drug-likeness (QED) is 0.114. The van der Waals surface area contributed by atoms with Gasteiger partial charge in [-0.2, -0.15) is 0 Å². The van der Waals surface area contributed by atoms with Crippen LogP contribution in [0.5, 0.6) is 0 Å². The maximum atomic E-state index is 2.41. The average Bonchev–Trinajstić information content (AvgIpc) is 3.97. The lowest BCUT2D eigenvalue weighted by molar-refractivity contribution is 0.766. The summed E-state index contributed by atoms with van der Waals surface area (Å²) in [6.07, 6.45) is 0. The molecule has 12 aromatic carbocycles. The van der Waals surface area contributed by atoms with Gasteiger partial charge in [0.15, 0.2) is 0 Å². The molecule has 0 heterocycles. The minimum absolute atomic E-state index is 0.500. The maximum absolute atomic E-state index is 2.41. The lowest BCUT2D eigenvalue weighted by atomic mass is 9.67. The summed E-state index contributed by atoms with van der Waals surface area (Å²) in [4.78, 5) is 6.99. The normalized spacial score (nSPS) is 12.1. The SMILES string of the molecule is Cc1ccc2c(c1)C(c1ccccc1)(c1ccc(N(c3ccc(-c4ccc(N(c5ccccc5)c5ccccc5)cc4)cc3)c3ccc(-c4ccc(N(c5ccccc5)c5ccccc5)cc4)cc3)cc1)c1cc(C)ccc1-2. The van der Waals surface area contributed by atoms with Crippen LogP contribution in [0.15, 0.2) is 309 Å². The Morgan fingerprint density at radius 1 is 0.218 bits per heavy atom. The lowest BCUT2D eigenvalue weighted by Crippen LogP contribution is -2.28. The largest absolute Gasteiger partial charge is 0.311 e. The first-order valence-electron chi connectivity index (χ1n) is 26.9. The third-order valence-electron chi connectivity index (χ3n) is 15.4. The molecule has 78 heavy (non-hydrogen) atoms. The van der Waals surface area contributed by atoms with Gasteiger partial charge >= 0.3 is 0 Å². The van der Waals surface area contributed by atoms with E-state index in [-0.39, 0.29) is 0 Å². The molecule has 3 heteroatoms. The molecule has 372 valence electrons. The van der Waals surface area contributed by atoms with Crippen molar-refractivity contribution < 1.29 is 0 Å². The molecular weight excluding hydrogens is 943 g/mol. The summed E-state index contributed by atoms with van der Waals surface area (Å²) in [5.41, 5.74) is 24.3. The third kappa shape index (κ3) is 8.81. The number of hydrogen-bond acceptors (Lipinski definition) is 3. The minimum atomic E-state index is -0.500. The van der Waals surface area contributed by atoms with Crippen LogP contribution in [0.25, 0.3) is 33.4 Å². The molecule has 0 spiro atoms. The summed E-state index contributed by atoms with van der Waals surface area (Å²) in [5.74, 6) is 0. The fraction of sp³-hybridized carbons (Fsp3) is 0.0400. The third-order valence-corrected chi connectivity index (χ3v) is 15.4. The Labute approximate surface area is 458 Å². The number of benzene rings is 12. The van der Waals surface area contributed by atoms with Gasteiger partial charge in [0.05, 0.1) is 5.41 Å². The van der Waals surface area contributed by atoms with Gasteiger partial charge in [-0.05, 0) is 179 Å². The second-order valence-electron chi connectivity index (χ2n) is 20.3. The zero-order chi connectivity index (χ0) is 52.4. The first kappa shape index (κ1) is 47.7. The van der Waals surface area contributed by atoms with Crippen molar-refractivity contribution in [2.45, 2.75) is 19.3 Å². The van der Waals surface area contributed by atoms with E-state index < -0.39 is 5.41 Å². The fourth-order valence-corrected chi connectivity index (χ4v) is 11.8. The Hall–Kier alpha value is -9.96. The van der Waals surface area contributed by atoms with E-state index in [1.165, 1.54) is 44.5 Å². The summed E-state index contributed by atoms with van der Waals surface area (Å²) in [7, 11) is 0. The maximum Gasteiger partial charge on any atom is 0.0713 e. The van der Waals surface area contributed by atoms with Crippen LogP contribution in [-0.4, -0.2) is 0 Å². The number of para-hydroxylation sites is 4. The summed E-state index contributed by atoms with van der Waals surface area (Å²) in [6, 6.07) is 113. The van der Waals surface area contributed by atoms with Crippen molar-refractivity contribution in [1.29, 1.82) is 0 Å². The second kappa shape index (κ2) is 20.6. The van der Waals surface area contributed by atoms with Crippen LogP contribution in [0, 0.1) is 13.8 Å². The van der Waals surface area contributed by atoms with E-state index in [1.807, 2.05) is 0 Å². The molecule has 0 atom stereocenters. The van der Waals surface area contributed by atoms with Crippen molar-refractivity contribution in [2.75, 3.05) is 14.7 Å². The molecule has 0 aliphatic heterocycles. The Morgan fingerprint density at radius 3 is 0.731 bits per heavy atom. The van der Waals surface area contributed by atoms with Crippen molar-refractivity contribution in [3.8, 4) is 33.4 Å². The van der Waals surface area contributed by atoms with Crippen LogP contribution < -0.4 is 14.7 Å². The highest BCUT2D eigenvalue weighted by Crippen LogP contribution is 2.57. The zero-order valence-electron chi connectivity index (χ0n) is 43.8. The van der Waals surface area contributed by atoms with Crippen molar-refractivity contribution in [3.63, 3.8) is 0 Å². The predicted molar refractivity (Wildman–Crippen MR) is 328 cm³/mol. The fourth-order valence-electron chi connectivity index (χ4n) is 11.8. The molecule has 12 aromatic rings. The number of anilines is 9. The number of rotatable bonds is 13. The van der Waals surface area contributed by atoms with E-state index in [0.29, 0.717) is 0 Å². The molecule has 0 amide bonds. The summed E-state index contributed by atoms with van der Waals surface area (Å²) in [6.45, 7) is 4.42. The van der Waals surface area contributed by atoms with E-state index in [9.17, 15) is 0 Å².